The number of hydrogen-bond donors (Lipinski definition) is 3. The Morgan fingerprint density at radius 1 is 1.10 bits per heavy atom. The Morgan fingerprint density at radius 2 is 1.90 bits per heavy atom. The second-order valence-electron chi connectivity index (χ2n) is 7.56. The van der Waals surface area contributed by atoms with E-state index in [0.29, 0.717) is 42.0 Å². The lowest BCUT2D eigenvalue weighted by atomic mass is 10.2. The van der Waals surface area contributed by atoms with E-state index in [1.807, 2.05) is 43.0 Å². The molecule has 3 heterocycles. The third-order valence-corrected chi connectivity index (χ3v) is 5.21. The van der Waals surface area contributed by atoms with Crippen LogP contribution in [-0.4, -0.2) is 62.2 Å². The van der Waals surface area contributed by atoms with Crippen molar-refractivity contribution in [3.63, 3.8) is 0 Å². The van der Waals surface area contributed by atoms with Crippen molar-refractivity contribution in [3.8, 4) is 0 Å². The zero-order valence-electron chi connectivity index (χ0n) is 17.5. The van der Waals surface area contributed by atoms with Crippen molar-refractivity contribution >= 4 is 35.0 Å². The van der Waals surface area contributed by atoms with Gasteiger partial charge < -0.3 is 15.5 Å². The standard InChI is InChI=1S/C21H25ClN8O/c1-14-10-20(28-27-14)26-19-12-18(23-15(2)24-19)13-29-6-8-30(9-7-29)21(31)25-17-5-3-4-16(22)11-17/h3-5,10-12H,6-9,13H2,1-2H3,(H,25,31)(H2,23,24,26,27,28). The summed E-state index contributed by atoms with van der Waals surface area (Å²) in [5.74, 6) is 2.14. The number of aromatic nitrogens is 4. The van der Waals surface area contributed by atoms with Crippen LogP contribution in [0.2, 0.25) is 5.02 Å². The van der Waals surface area contributed by atoms with Gasteiger partial charge >= 0.3 is 6.03 Å². The van der Waals surface area contributed by atoms with Gasteiger partial charge in [0.1, 0.15) is 11.6 Å². The minimum Gasteiger partial charge on any atom is -0.323 e. The number of aryl methyl sites for hydroxylation is 2. The van der Waals surface area contributed by atoms with Crippen molar-refractivity contribution in [3.05, 3.63) is 58.6 Å². The van der Waals surface area contributed by atoms with Crippen LogP contribution >= 0.6 is 11.6 Å². The summed E-state index contributed by atoms with van der Waals surface area (Å²) in [4.78, 5) is 25.6. The van der Waals surface area contributed by atoms with E-state index in [0.717, 1.165) is 30.3 Å². The number of aromatic amines is 1. The average molecular weight is 441 g/mol. The zero-order chi connectivity index (χ0) is 21.8. The molecule has 0 atom stereocenters. The summed E-state index contributed by atoms with van der Waals surface area (Å²) in [5.41, 5.74) is 2.60. The van der Waals surface area contributed by atoms with Crippen LogP contribution in [0.1, 0.15) is 17.2 Å². The molecule has 0 unspecified atom stereocenters. The smallest absolute Gasteiger partial charge is 0.321 e. The molecule has 0 bridgehead atoms. The topological polar surface area (TPSA) is 102 Å². The summed E-state index contributed by atoms with van der Waals surface area (Å²) in [7, 11) is 0. The fourth-order valence-corrected chi connectivity index (χ4v) is 3.69. The Bertz CT molecular complexity index is 1060. The van der Waals surface area contributed by atoms with E-state index in [1.54, 1.807) is 12.1 Å². The van der Waals surface area contributed by atoms with Crippen LogP contribution in [0.3, 0.4) is 0 Å². The van der Waals surface area contributed by atoms with Crippen LogP contribution < -0.4 is 10.6 Å². The van der Waals surface area contributed by atoms with Gasteiger partial charge in [0.15, 0.2) is 5.82 Å². The number of carbonyl (C=O) groups excluding carboxylic acids is 1. The molecule has 9 nitrogen and oxygen atoms in total. The Balaban J connectivity index is 1.31. The second kappa shape index (κ2) is 9.32. The highest BCUT2D eigenvalue weighted by Gasteiger charge is 2.22. The minimum absolute atomic E-state index is 0.111. The summed E-state index contributed by atoms with van der Waals surface area (Å²) in [5, 5.41) is 13.8. The number of hydrogen-bond acceptors (Lipinski definition) is 6. The Morgan fingerprint density at radius 3 is 2.61 bits per heavy atom. The normalized spacial score (nSPS) is 14.5. The molecule has 10 heteroatoms. The largest absolute Gasteiger partial charge is 0.323 e. The molecule has 1 aliphatic rings. The predicted molar refractivity (Wildman–Crippen MR) is 121 cm³/mol. The number of carbonyl (C=O) groups is 1. The quantitative estimate of drug-likeness (QED) is 0.560. The van der Waals surface area contributed by atoms with Gasteiger partial charge in [-0.05, 0) is 32.0 Å². The molecular weight excluding hydrogens is 416 g/mol. The van der Waals surface area contributed by atoms with Gasteiger partial charge in [0.2, 0.25) is 0 Å². The summed E-state index contributed by atoms with van der Waals surface area (Å²) >= 11 is 5.99. The summed E-state index contributed by atoms with van der Waals surface area (Å²) in [6.07, 6.45) is 0. The maximum absolute atomic E-state index is 12.5. The molecule has 0 saturated carbocycles. The van der Waals surface area contributed by atoms with Crippen LogP contribution in [0.5, 0.6) is 0 Å². The molecule has 1 aliphatic heterocycles. The van der Waals surface area contributed by atoms with Gasteiger partial charge in [0, 0.05) is 61.3 Å². The number of halogens is 1. The number of H-pyrrole nitrogens is 1. The first-order valence-electron chi connectivity index (χ1n) is 10.1. The number of nitrogens with zero attached hydrogens (tertiary/aromatic N) is 5. The number of benzene rings is 1. The van der Waals surface area contributed by atoms with Crippen molar-refractivity contribution in [1.29, 1.82) is 0 Å². The van der Waals surface area contributed by atoms with Gasteiger partial charge in [0.05, 0.1) is 5.69 Å². The summed E-state index contributed by atoms with van der Waals surface area (Å²) in [6.45, 7) is 7.36. The Kier molecular flexibility index (Phi) is 6.34. The molecule has 0 spiro atoms. The van der Waals surface area contributed by atoms with E-state index >= 15 is 0 Å². The molecule has 4 rings (SSSR count). The lowest BCUT2D eigenvalue weighted by Gasteiger charge is -2.34. The number of nitrogens with one attached hydrogen (secondary N) is 3. The molecule has 3 N–H and O–H groups in total. The van der Waals surface area contributed by atoms with E-state index in [4.69, 9.17) is 11.6 Å². The summed E-state index contributed by atoms with van der Waals surface area (Å²) in [6, 6.07) is 10.9. The van der Waals surface area contributed by atoms with E-state index < -0.39 is 0 Å². The Hall–Kier alpha value is -3.17. The van der Waals surface area contributed by atoms with Crippen molar-refractivity contribution < 1.29 is 4.79 Å². The molecule has 162 valence electrons. The highest BCUT2D eigenvalue weighted by molar-refractivity contribution is 6.30. The number of anilines is 3. The van der Waals surface area contributed by atoms with E-state index in [1.165, 1.54) is 0 Å². The first-order chi connectivity index (χ1) is 14.9. The van der Waals surface area contributed by atoms with E-state index in [2.05, 4.69) is 35.7 Å². The summed E-state index contributed by atoms with van der Waals surface area (Å²) < 4.78 is 0. The fraction of sp³-hybridized carbons (Fsp3) is 0.333. The van der Waals surface area contributed by atoms with Crippen LogP contribution in [0.15, 0.2) is 36.4 Å². The number of piperazine rings is 1. The molecule has 1 fully saturated rings. The maximum Gasteiger partial charge on any atom is 0.321 e. The van der Waals surface area contributed by atoms with Crippen LogP contribution in [0.4, 0.5) is 22.1 Å². The highest BCUT2D eigenvalue weighted by Crippen LogP contribution is 2.17. The molecule has 0 aliphatic carbocycles. The van der Waals surface area contributed by atoms with Gasteiger partial charge in [-0.15, -0.1) is 0 Å². The zero-order valence-corrected chi connectivity index (χ0v) is 18.3. The van der Waals surface area contributed by atoms with Crippen molar-refractivity contribution in [2.24, 2.45) is 0 Å². The average Bonchev–Trinajstić information content (AvgIpc) is 3.12. The molecule has 1 saturated heterocycles. The monoisotopic (exact) mass is 440 g/mol. The van der Waals surface area contributed by atoms with Gasteiger partial charge in [0.25, 0.3) is 0 Å². The number of amides is 2. The third-order valence-electron chi connectivity index (χ3n) is 4.97. The highest BCUT2D eigenvalue weighted by atomic mass is 35.5. The number of urea groups is 1. The van der Waals surface area contributed by atoms with Gasteiger partial charge in [-0.1, -0.05) is 17.7 Å². The molecule has 3 aromatic rings. The lowest BCUT2D eigenvalue weighted by Crippen LogP contribution is -2.49. The molecule has 1 aromatic carbocycles. The minimum atomic E-state index is -0.111. The Labute approximate surface area is 185 Å². The SMILES string of the molecule is Cc1nc(CN2CCN(C(=O)Nc3cccc(Cl)c3)CC2)cc(Nc2cc(C)[nH]n2)n1. The van der Waals surface area contributed by atoms with Gasteiger partial charge in [-0.3, -0.25) is 10.00 Å². The van der Waals surface area contributed by atoms with Crippen LogP contribution in [-0.2, 0) is 6.54 Å². The van der Waals surface area contributed by atoms with Gasteiger partial charge in [-0.25, -0.2) is 14.8 Å². The number of rotatable bonds is 5. The van der Waals surface area contributed by atoms with Gasteiger partial charge in [-0.2, -0.15) is 5.10 Å². The van der Waals surface area contributed by atoms with E-state index in [-0.39, 0.29) is 6.03 Å². The van der Waals surface area contributed by atoms with Crippen LogP contribution in [0, 0.1) is 13.8 Å². The maximum atomic E-state index is 12.5. The molecule has 0 radical (unpaired) electrons. The van der Waals surface area contributed by atoms with Crippen molar-refractivity contribution in [1.82, 2.24) is 30.0 Å². The first-order valence-corrected chi connectivity index (χ1v) is 10.5. The van der Waals surface area contributed by atoms with Crippen LogP contribution in [0.25, 0.3) is 0 Å². The lowest BCUT2D eigenvalue weighted by molar-refractivity contribution is 0.142. The fourth-order valence-electron chi connectivity index (χ4n) is 3.49. The molecule has 2 amide bonds. The molecule has 31 heavy (non-hydrogen) atoms. The van der Waals surface area contributed by atoms with Crippen molar-refractivity contribution in [2.75, 3.05) is 36.8 Å². The van der Waals surface area contributed by atoms with Crippen molar-refractivity contribution in [2.45, 2.75) is 20.4 Å². The second-order valence-corrected chi connectivity index (χ2v) is 7.99. The third kappa shape index (κ3) is 5.71. The molecule has 2 aromatic heterocycles. The van der Waals surface area contributed by atoms with E-state index in [9.17, 15) is 4.79 Å². The first kappa shape index (κ1) is 21.1. The predicted octanol–water partition coefficient (Wildman–Crippen LogP) is 3.56. The molecular formula is C21H25ClN8O.